The Bertz CT molecular complexity index is 414. The van der Waals surface area contributed by atoms with Crippen LogP contribution in [0.15, 0.2) is 18.2 Å². The van der Waals surface area contributed by atoms with E-state index >= 15 is 0 Å². The summed E-state index contributed by atoms with van der Waals surface area (Å²) < 4.78 is 4.77. The summed E-state index contributed by atoms with van der Waals surface area (Å²) in [5, 5.41) is 13.3. The topological polar surface area (TPSA) is 58.6 Å². The molecule has 4 nitrogen and oxygen atoms in total. The van der Waals surface area contributed by atoms with E-state index in [0.29, 0.717) is 29.5 Å². The number of methoxy groups -OCH3 is 1. The lowest BCUT2D eigenvalue weighted by Gasteiger charge is -2.19. The highest BCUT2D eigenvalue weighted by Gasteiger charge is 2.20. The van der Waals surface area contributed by atoms with E-state index in [1.807, 2.05) is 13.8 Å². The maximum absolute atomic E-state index is 11.7. The minimum atomic E-state index is -0.402. The third-order valence-electron chi connectivity index (χ3n) is 2.81. The maximum atomic E-state index is 11.7. The van der Waals surface area contributed by atoms with E-state index in [9.17, 15) is 9.90 Å². The zero-order chi connectivity index (χ0) is 14.4. The standard InChI is InChI=1S/C14H20ClNO3/c1-9(2)7-12(14(18)19-3)16-8-10-11(15)5-4-6-13(10)17/h4-6,9,12,16-17H,7-8H2,1-3H3. The van der Waals surface area contributed by atoms with Gasteiger partial charge in [-0.2, -0.15) is 0 Å². The molecule has 19 heavy (non-hydrogen) atoms. The molecule has 0 aromatic heterocycles. The fourth-order valence-corrected chi connectivity index (χ4v) is 2.06. The monoisotopic (exact) mass is 285 g/mol. The highest BCUT2D eigenvalue weighted by molar-refractivity contribution is 6.31. The maximum Gasteiger partial charge on any atom is 0.322 e. The summed E-state index contributed by atoms with van der Waals surface area (Å²) in [6.07, 6.45) is 0.665. The smallest absolute Gasteiger partial charge is 0.322 e. The molecule has 1 unspecified atom stereocenters. The van der Waals surface area contributed by atoms with Crippen LogP contribution in [0.25, 0.3) is 0 Å². The van der Waals surface area contributed by atoms with Crippen molar-refractivity contribution in [1.82, 2.24) is 5.32 Å². The van der Waals surface area contributed by atoms with Gasteiger partial charge in [-0.25, -0.2) is 0 Å². The number of carbonyl (C=O) groups is 1. The number of esters is 1. The Balaban J connectivity index is 2.73. The first-order valence-corrected chi connectivity index (χ1v) is 6.61. The molecule has 1 rings (SSSR count). The second kappa shape index (κ2) is 7.36. The van der Waals surface area contributed by atoms with Crippen molar-refractivity contribution in [2.75, 3.05) is 7.11 Å². The number of phenolic OH excluding ortho intramolecular Hbond substituents is 1. The van der Waals surface area contributed by atoms with Crippen molar-refractivity contribution in [3.63, 3.8) is 0 Å². The normalized spacial score (nSPS) is 12.5. The van der Waals surface area contributed by atoms with Gasteiger partial charge >= 0.3 is 5.97 Å². The zero-order valence-corrected chi connectivity index (χ0v) is 12.2. The van der Waals surface area contributed by atoms with E-state index in [0.717, 1.165) is 0 Å². The molecule has 0 saturated carbocycles. The number of halogens is 1. The van der Waals surface area contributed by atoms with E-state index in [1.165, 1.54) is 7.11 Å². The van der Waals surface area contributed by atoms with Crippen LogP contribution in [0.5, 0.6) is 5.75 Å². The number of benzene rings is 1. The number of hydrogen-bond donors (Lipinski definition) is 2. The van der Waals surface area contributed by atoms with Crippen LogP contribution in [0.1, 0.15) is 25.8 Å². The van der Waals surface area contributed by atoms with Crippen molar-refractivity contribution >= 4 is 17.6 Å². The third-order valence-corrected chi connectivity index (χ3v) is 3.17. The van der Waals surface area contributed by atoms with Gasteiger partial charge in [0.05, 0.1) is 7.11 Å². The molecule has 0 saturated heterocycles. The lowest BCUT2D eigenvalue weighted by molar-refractivity contribution is -0.143. The lowest BCUT2D eigenvalue weighted by Crippen LogP contribution is -2.38. The molecule has 0 fully saturated rings. The highest BCUT2D eigenvalue weighted by Crippen LogP contribution is 2.25. The van der Waals surface area contributed by atoms with Gasteiger partial charge in [0.2, 0.25) is 0 Å². The molecular formula is C14H20ClNO3. The van der Waals surface area contributed by atoms with Gasteiger partial charge in [-0.15, -0.1) is 0 Å². The van der Waals surface area contributed by atoms with E-state index in [1.54, 1.807) is 18.2 Å². The van der Waals surface area contributed by atoms with Crippen molar-refractivity contribution in [3.8, 4) is 5.75 Å². The van der Waals surface area contributed by atoms with Crippen molar-refractivity contribution in [2.24, 2.45) is 5.92 Å². The number of carbonyl (C=O) groups excluding carboxylic acids is 1. The Morgan fingerprint density at radius 2 is 2.16 bits per heavy atom. The van der Waals surface area contributed by atoms with Gasteiger partial charge in [0, 0.05) is 17.1 Å². The highest BCUT2D eigenvalue weighted by atomic mass is 35.5. The third kappa shape index (κ3) is 4.73. The Hall–Kier alpha value is -1.26. The van der Waals surface area contributed by atoms with Crippen LogP contribution < -0.4 is 5.32 Å². The molecule has 0 aliphatic carbocycles. The molecule has 1 aromatic rings. The number of hydrogen-bond acceptors (Lipinski definition) is 4. The molecular weight excluding hydrogens is 266 g/mol. The summed E-state index contributed by atoms with van der Waals surface area (Å²) >= 11 is 6.02. The molecule has 0 spiro atoms. The van der Waals surface area contributed by atoms with Gasteiger partial charge in [0.25, 0.3) is 0 Å². The van der Waals surface area contributed by atoms with Crippen molar-refractivity contribution < 1.29 is 14.6 Å². The molecule has 1 aromatic carbocycles. The van der Waals surface area contributed by atoms with Crippen LogP contribution >= 0.6 is 11.6 Å². The molecule has 0 bridgehead atoms. The van der Waals surface area contributed by atoms with Crippen LogP contribution in [-0.4, -0.2) is 24.2 Å². The predicted octanol–water partition coefficient (Wildman–Crippen LogP) is 2.72. The number of ether oxygens (including phenoxy) is 1. The van der Waals surface area contributed by atoms with Gasteiger partial charge in [0.1, 0.15) is 11.8 Å². The summed E-state index contributed by atoms with van der Waals surface area (Å²) in [6, 6.07) is 4.54. The number of aromatic hydroxyl groups is 1. The lowest BCUT2D eigenvalue weighted by atomic mass is 10.0. The zero-order valence-electron chi connectivity index (χ0n) is 11.4. The molecule has 0 aliphatic heterocycles. The largest absolute Gasteiger partial charge is 0.508 e. The van der Waals surface area contributed by atoms with Gasteiger partial charge in [0.15, 0.2) is 0 Å². The van der Waals surface area contributed by atoms with E-state index in [4.69, 9.17) is 16.3 Å². The van der Waals surface area contributed by atoms with Gasteiger partial charge in [-0.05, 0) is 24.5 Å². The Morgan fingerprint density at radius 1 is 1.47 bits per heavy atom. The fraction of sp³-hybridized carbons (Fsp3) is 0.500. The van der Waals surface area contributed by atoms with Crippen molar-refractivity contribution in [2.45, 2.75) is 32.9 Å². The van der Waals surface area contributed by atoms with Gasteiger partial charge in [-0.1, -0.05) is 31.5 Å². The second-order valence-corrected chi connectivity index (χ2v) is 5.23. The molecule has 1 atom stereocenters. The molecule has 0 amide bonds. The first-order valence-electron chi connectivity index (χ1n) is 6.23. The summed E-state index contributed by atoms with van der Waals surface area (Å²) in [6.45, 7) is 4.38. The van der Waals surface area contributed by atoms with Crippen LogP contribution in [0.2, 0.25) is 5.02 Å². The van der Waals surface area contributed by atoms with Crippen LogP contribution in [0.4, 0.5) is 0 Å². The molecule has 0 aliphatic rings. The molecule has 0 heterocycles. The predicted molar refractivity (Wildman–Crippen MR) is 75.2 cm³/mol. The van der Waals surface area contributed by atoms with Gasteiger partial charge in [-0.3, -0.25) is 4.79 Å². The minimum Gasteiger partial charge on any atom is -0.508 e. The number of phenols is 1. The van der Waals surface area contributed by atoms with Crippen LogP contribution in [0, 0.1) is 5.92 Å². The fourth-order valence-electron chi connectivity index (χ4n) is 1.82. The first-order chi connectivity index (χ1) is 8.95. The molecule has 0 radical (unpaired) electrons. The molecule has 2 N–H and O–H groups in total. The number of nitrogens with one attached hydrogen (secondary N) is 1. The van der Waals surface area contributed by atoms with Crippen LogP contribution in [0.3, 0.4) is 0 Å². The van der Waals surface area contributed by atoms with Crippen molar-refractivity contribution in [1.29, 1.82) is 0 Å². The Labute approximate surface area is 118 Å². The van der Waals surface area contributed by atoms with Crippen molar-refractivity contribution in [3.05, 3.63) is 28.8 Å². The second-order valence-electron chi connectivity index (χ2n) is 4.82. The van der Waals surface area contributed by atoms with E-state index in [-0.39, 0.29) is 11.7 Å². The molecule has 5 heteroatoms. The van der Waals surface area contributed by atoms with Gasteiger partial charge < -0.3 is 15.2 Å². The van der Waals surface area contributed by atoms with E-state index in [2.05, 4.69) is 5.32 Å². The Kier molecular flexibility index (Phi) is 6.12. The summed E-state index contributed by atoms with van der Waals surface area (Å²) in [5.74, 6) is 0.171. The molecule has 106 valence electrons. The summed E-state index contributed by atoms with van der Waals surface area (Å²) in [7, 11) is 1.37. The minimum absolute atomic E-state index is 0.119. The van der Waals surface area contributed by atoms with E-state index < -0.39 is 6.04 Å². The average molecular weight is 286 g/mol. The average Bonchev–Trinajstić information content (AvgIpc) is 2.35. The quantitative estimate of drug-likeness (QED) is 0.789. The first kappa shape index (κ1) is 15.8. The Morgan fingerprint density at radius 3 is 2.68 bits per heavy atom. The summed E-state index contributed by atoms with van der Waals surface area (Å²) in [4.78, 5) is 11.7. The number of rotatable bonds is 6. The SMILES string of the molecule is COC(=O)C(CC(C)C)NCc1c(O)cccc1Cl. The summed E-state index contributed by atoms with van der Waals surface area (Å²) in [5.41, 5.74) is 0.585. The van der Waals surface area contributed by atoms with Crippen LogP contribution in [-0.2, 0) is 16.1 Å².